The van der Waals surface area contributed by atoms with Crippen molar-refractivity contribution in [1.29, 1.82) is 0 Å². The molecule has 106 valence electrons. The number of halogens is 1. The predicted molar refractivity (Wildman–Crippen MR) is 73.8 cm³/mol. The van der Waals surface area contributed by atoms with Crippen LogP contribution in [0, 0.1) is 0 Å². The van der Waals surface area contributed by atoms with E-state index in [1.165, 1.54) is 0 Å². The molecule has 5 nitrogen and oxygen atoms in total. The lowest BCUT2D eigenvalue weighted by atomic mass is 10.2. The summed E-state index contributed by atoms with van der Waals surface area (Å²) in [4.78, 5) is 23.5. The fraction of sp³-hybridized carbons (Fsp3) is 0.833. The minimum Gasteiger partial charge on any atom is -0.352 e. The highest BCUT2D eigenvalue weighted by molar-refractivity contribution is 5.89. The third-order valence-electron chi connectivity index (χ3n) is 3.13. The van der Waals surface area contributed by atoms with E-state index in [0.717, 1.165) is 25.8 Å². The van der Waals surface area contributed by atoms with E-state index in [1.807, 2.05) is 13.8 Å². The average molecular weight is 278 g/mol. The molecule has 0 aromatic heterocycles. The molecule has 1 aliphatic heterocycles. The Morgan fingerprint density at radius 3 is 2.50 bits per heavy atom. The predicted octanol–water partition coefficient (Wildman–Crippen LogP) is 0.580. The maximum atomic E-state index is 11.8. The van der Waals surface area contributed by atoms with E-state index in [0.29, 0.717) is 0 Å². The van der Waals surface area contributed by atoms with Gasteiger partial charge in [0.05, 0.1) is 6.04 Å². The first kappa shape index (κ1) is 17.2. The number of nitrogens with one attached hydrogen (secondary N) is 3. The maximum absolute atomic E-state index is 11.8. The van der Waals surface area contributed by atoms with Crippen molar-refractivity contribution in [2.75, 3.05) is 6.54 Å². The van der Waals surface area contributed by atoms with Gasteiger partial charge in [-0.1, -0.05) is 6.92 Å². The van der Waals surface area contributed by atoms with Gasteiger partial charge in [-0.3, -0.25) is 9.59 Å². The Labute approximate surface area is 115 Å². The lowest BCUT2D eigenvalue weighted by molar-refractivity contribution is -0.129. The number of amides is 2. The highest BCUT2D eigenvalue weighted by Crippen LogP contribution is 2.04. The molecule has 0 saturated carbocycles. The zero-order valence-corrected chi connectivity index (χ0v) is 12.1. The van der Waals surface area contributed by atoms with Gasteiger partial charge in [0, 0.05) is 6.04 Å². The Balaban J connectivity index is 0.00000289. The van der Waals surface area contributed by atoms with Gasteiger partial charge in [0.25, 0.3) is 0 Å². The lowest BCUT2D eigenvalue weighted by Gasteiger charge is -2.19. The molecular weight excluding hydrogens is 254 g/mol. The molecule has 18 heavy (non-hydrogen) atoms. The standard InChI is InChI=1S/C12H23N3O2.ClH/c1-4-8(2)14-11(16)9(3)15-12(17)10-6-5-7-13-10;/h8-10,13H,4-7H2,1-3H3,(H,14,16)(H,15,17);1H. The number of rotatable bonds is 5. The van der Waals surface area contributed by atoms with Gasteiger partial charge in [-0.05, 0) is 39.7 Å². The molecule has 2 amide bonds. The van der Waals surface area contributed by atoms with Crippen LogP contribution in [0.3, 0.4) is 0 Å². The van der Waals surface area contributed by atoms with E-state index in [1.54, 1.807) is 6.92 Å². The second-order valence-corrected chi connectivity index (χ2v) is 4.70. The van der Waals surface area contributed by atoms with Crippen molar-refractivity contribution in [3.63, 3.8) is 0 Å². The van der Waals surface area contributed by atoms with Gasteiger partial charge in [-0.15, -0.1) is 12.4 Å². The molecule has 0 aromatic rings. The monoisotopic (exact) mass is 277 g/mol. The van der Waals surface area contributed by atoms with Crippen LogP contribution < -0.4 is 16.0 Å². The van der Waals surface area contributed by atoms with Crippen LogP contribution in [0.5, 0.6) is 0 Å². The summed E-state index contributed by atoms with van der Waals surface area (Å²) in [5.41, 5.74) is 0. The summed E-state index contributed by atoms with van der Waals surface area (Å²) >= 11 is 0. The van der Waals surface area contributed by atoms with Gasteiger partial charge in [0.15, 0.2) is 0 Å². The van der Waals surface area contributed by atoms with E-state index < -0.39 is 6.04 Å². The lowest BCUT2D eigenvalue weighted by Crippen LogP contribution is -2.51. The molecule has 3 atom stereocenters. The molecule has 1 heterocycles. The fourth-order valence-corrected chi connectivity index (χ4v) is 1.76. The van der Waals surface area contributed by atoms with Crippen molar-refractivity contribution in [2.24, 2.45) is 0 Å². The minimum absolute atomic E-state index is 0. The van der Waals surface area contributed by atoms with Crippen molar-refractivity contribution in [1.82, 2.24) is 16.0 Å². The van der Waals surface area contributed by atoms with Gasteiger partial charge in [-0.25, -0.2) is 0 Å². The zero-order valence-electron chi connectivity index (χ0n) is 11.3. The molecule has 0 aliphatic carbocycles. The largest absolute Gasteiger partial charge is 0.352 e. The molecule has 3 N–H and O–H groups in total. The summed E-state index contributed by atoms with van der Waals surface area (Å²) in [7, 11) is 0. The van der Waals surface area contributed by atoms with E-state index in [9.17, 15) is 9.59 Å². The van der Waals surface area contributed by atoms with Crippen LogP contribution in [0.25, 0.3) is 0 Å². The first-order chi connectivity index (χ1) is 8.04. The van der Waals surface area contributed by atoms with Crippen molar-refractivity contribution >= 4 is 24.2 Å². The highest BCUT2D eigenvalue weighted by Gasteiger charge is 2.25. The van der Waals surface area contributed by atoms with Crippen LogP contribution in [-0.4, -0.2) is 36.5 Å². The Kier molecular flexibility index (Phi) is 7.95. The van der Waals surface area contributed by atoms with Crippen LogP contribution in [0.4, 0.5) is 0 Å². The summed E-state index contributed by atoms with van der Waals surface area (Å²) in [6.07, 6.45) is 2.76. The van der Waals surface area contributed by atoms with Crippen LogP contribution in [0.1, 0.15) is 40.0 Å². The molecule has 0 spiro atoms. The van der Waals surface area contributed by atoms with Crippen molar-refractivity contribution in [3.8, 4) is 0 Å². The summed E-state index contributed by atoms with van der Waals surface area (Å²) in [6.45, 7) is 6.55. The van der Waals surface area contributed by atoms with Gasteiger partial charge in [-0.2, -0.15) is 0 Å². The fourth-order valence-electron chi connectivity index (χ4n) is 1.76. The highest BCUT2D eigenvalue weighted by atomic mass is 35.5. The van der Waals surface area contributed by atoms with E-state index in [2.05, 4.69) is 16.0 Å². The molecule has 0 bridgehead atoms. The second-order valence-electron chi connectivity index (χ2n) is 4.70. The van der Waals surface area contributed by atoms with Gasteiger partial charge in [0.2, 0.25) is 11.8 Å². The molecule has 1 rings (SSSR count). The number of hydrogen-bond donors (Lipinski definition) is 3. The van der Waals surface area contributed by atoms with Gasteiger partial charge in [0.1, 0.15) is 6.04 Å². The summed E-state index contributed by atoms with van der Waals surface area (Å²) in [5, 5.41) is 8.70. The molecule has 6 heteroatoms. The van der Waals surface area contributed by atoms with Crippen LogP contribution in [0.15, 0.2) is 0 Å². The van der Waals surface area contributed by atoms with Crippen molar-refractivity contribution < 1.29 is 9.59 Å². The summed E-state index contributed by atoms with van der Waals surface area (Å²) in [5.74, 6) is -0.194. The summed E-state index contributed by atoms with van der Waals surface area (Å²) in [6, 6.07) is -0.459. The molecule has 1 aliphatic rings. The molecule has 0 aromatic carbocycles. The van der Waals surface area contributed by atoms with Crippen molar-refractivity contribution in [2.45, 2.75) is 58.2 Å². The molecule has 0 radical (unpaired) electrons. The van der Waals surface area contributed by atoms with E-state index in [-0.39, 0.29) is 36.3 Å². The van der Waals surface area contributed by atoms with Crippen LogP contribution >= 0.6 is 12.4 Å². The van der Waals surface area contributed by atoms with Crippen LogP contribution in [-0.2, 0) is 9.59 Å². The second kappa shape index (κ2) is 8.32. The normalized spacial score (nSPS) is 21.6. The third-order valence-corrected chi connectivity index (χ3v) is 3.13. The minimum atomic E-state index is -0.473. The number of carbonyl (C=O) groups is 2. The summed E-state index contributed by atoms with van der Waals surface area (Å²) < 4.78 is 0. The van der Waals surface area contributed by atoms with E-state index >= 15 is 0 Å². The first-order valence-corrected chi connectivity index (χ1v) is 6.38. The van der Waals surface area contributed by atoms with Gasteiger partial charge < -0.3 is 16.0 Å². The Morgan fingerprint density at radius 2 is 2.00 bits per heavy atom. The average Bonchev–Trinajstić information content (AvgIpc) is 2.82. The Morgan fingerprint density at radius 1 is 1.33 bits per heavy atom. The SMILES string of the molecule is CCC(C)NC(=O)C(C)NC(=O)C1CCCN1.Cl. The smallest absolute Gasteiger partial charge is 0.242 e. The molecule has 1 saturated heterocycles. The topological polar surface area (TPSA) is 70.2 Å². The molecular formula is C12H24ClN3O2. The van der Waals surface area contributed by atoms with Crippen molar-refractivity contribution in [3.05, 3.63) is 0 Å². The molecule has 3 unspecified atom stereocenters. The number of hydrogen-bond acceptors (Lipinski definition) is 3. The first-order valence-electron chi connectivity index (χ1n) is 6.38. The van der Waals surface area contributed by atoms with E-state index in [4.69, 9.17) is 0 Å². The Bertz CT molecular complexity index is 280. The quantitative estimate of drug-likeness (QED) is 0.688. The third kappa shape index (κ3) is 5.23. The van der Waals surface area contributed by atoms with Gasteiger partial charge >= 0.3 is 0 Å². The number of carbonyl (C=O) groups excluding carboxylic acids is 2. The Hall–Kier alpha value is -0.810. The maximum Gasteiger partial charge on any atom is 0.242 e. The zero-order chi connectivity index (χ0) is 12.8. The van der Waals surface area contributed by atoms with Crippen LogP contribution in [0.2, 0.25) is 0 Å². The molecule has 1 fully saturated rings.